The van der Waals surface area contributed by atoms with Crippen molar-refractivity contribution in [3.8, 4) is 0 Å². The van der Waals surface area contributed by atoms with E-state index in [9.17, 15) is 0 Å². The van der Waals surface area contributed by atoms with Crippen LogP contribution in [0.5, 0.6) is 0 Å². The van der Waals surface area contributed by atoms with Crippen LogP contribution in [0.4, 0.5) is 4.79 Å². The molecule has 0 aliphatic rings. The van der Waals surface area contributed by atoms with Crippen LogP contribution in [0.25, 0.3) is 0 Å². The van der Waals surface area contributed by atoms with Crippen LogP contribution in [0, 0.1) is 0 Å². The summed E-state index contributed by atoms with van der Waals surface area (Å²) < 4.78 is 0. The van der Waals surface area contributed by atoms with Gasteiger partial charge in [-0.15, -0.1) is 0 Å². The minimum atomic E-state index is -1.58. The van der Waals surface area contributed by atoms with Crippen LogP contribution in [-0.4, -0.2) is 6.09 Å². The Labute approximate surface area is 24.5 Å². The molecule has 0 saturated heterocycles. The van der Waals surface area contributed by atoms with E-state index >= 15 is 0 Å². The normalized spacial score (nSPS) is 6.00. The van der Waals surface area contributed by atoms with Gasteiger partial charge in [0.05, 0.1) is 0 Å². The zero-order chi connectivity index (χ0) is 3.58. The number of primary amides is 1. The summed E-state index contributed by atoms with van der Waals surface area (Å²) in [5, 5.41) is 8.67. The third-order valence-electron chi connectivity index (χ3n) is 0. The third-order valence-corrected chi connectivity index (χ3v) is 0. The smallest absolute Gasteiger partial charge is 0.332 e. The summed E-state index contributed by atoms with van der Waals surface area (Å²) in [6.45, 7) is 0. The maximum absolute atomic E-state index is 8.67. The molecule has 1 radical (unpaired) electrons. The van der Waals surface area contributed by atoms with Gasteiger partial charge in [0, 0.05) is 0 Å². The van der Waals surface area contributed by atoms with Gasteiger partial charge >= 0.3 is 7.52 Å². The van der Waals surface area contributed by atoms with Crippen molar-refractivity contribution in [1.29, 1.82) is 0 Å². The largest absolute Gasteiger partial charge is 1.00 e. The number of hydrogen-bond acceptors (Lipinski definition) is 1. The van der Waals surface area contributed by atoms with Crippen molar-refractivity contribution >= 4 is 6.09 Å². The van der Waals surface area contributed by atoms with Crippen molar-refractivity contribution in [3.05, 3.63) is 0 Å². The molecule has 0 rings (SSSR count). The van der Waals surface area contributed by atoms with E-state index in [-0.39, 0.29) is 1.43 Å². The molecule has 3 heteroatoms. The molecule has 4 heavy (non-hydrogen) atoms. The second-order valence-electron chi connectivity index (χ2n) is 0.319. The minimum absolute atomic E-state index is 0. The third kappa shape index (κ3) is 0.174. The molecular weight excluding hydrogens is 58.0 g/mol. The second kappa shape index (κ2) is 0.711. The van der Waals surface area contributed by atoms with Gasteiger partial charge in [-0.2, -0.15) is 0 Å². The molecule has 0 unspecified atom stereocenters. The predicted molar refractivity (Wildman–Crippen MR) is 11.4 cm³/mol. The number of amides is 1. The molecule has 0 spiro atoms. The number of carbonyl (C=O) groups excluding carboxylic acids is 1. The number of hydrogen-bond donors (Lipinski definition) is 1. The van der Waals surface area contributed by atoms with E-state index < -0.39 is 6.09 Å². The van der Waals surface area contributed by atoms with Gasteiger partial charge in [-0.1, -0.05) is 0 Å². The van der Waals surface area contributed by atoms with E-state index in [1.807, 2.05) is 0 Å². The number of nitrogens with two attached hydrogens (primary N) is 1. The Bertz CT molecular complexity index is 32.6. The van der Waals surface area contributed by atoms with Crippen LogP contribution in [0.1, 0.15) is 1.43 Å². The molecule has 0 heterocycles. The first-order valence-electron chi connectivity index (χ1n) is 0.697. The van der Waals surface area contributed by atoms with Crippen LogP contribution in [0.3, 0.4) is 0 Å². The van der Waals surface area contributed by atoms with Gasteiger partial charge in [0.1, 0.15) is 0 Å². The average Bonchev–Trinajstić information content (AvgIpc) is 0.811. The SMILES string of the molecule is NC([O])=O.[H+]. The molecule has 0 aromatic heterocycles. The molecule has 0 bridgehead atoms. The molecule has 0 saturated carbocycles. The van der Waals surface area contributed by atoms with E-state index in [1.165, 1.54) is 0 Å². The molecule has 0 aromatic rings. The highest BCUT2D eigenvalue weighted by molar-refractivity contribution is 5.61. The van der Waals surface area contributed by atoms with Crippen LogP contribution in [-0.2, 0) is 5.11 Å². The van der Waals surface area contributed by atoms with Gasteiger partial charge in [-0.05, 0) is 0 Å². The molecular formula is CH3NO2+. The lowest BCUT2D eigenvalue weighted by molar-refractivity contribution is 0.180. The monoisotopic (exact) mass is 61.0 g/mol. The van der Waals surface area contributed by atoms with Crippen LogP contribution >= 0.6 is 0 Å². The van der Waals surface area contributed by atoms with Gasteiger partial charge < -0.3 is 5.73 Å². The van der Waals surface area contributed by atoms with E-state index in [0.29, 0.717) is 0 Å². The van der Waals surface area contributed by atoms with Gasteiger partial charge in [0.25, 0.3) is 0 Å². The van der Waals surface area contributed by atoms with Gasteiger partial charge in [-0.25, -0.2) is 9.90 Å². The lowest BCUT2D eigenvalue weighted by Crippen LogP contribution is -2.01. The first kappa shape index (κ1) is 3.27. The molecule has 23 valence electrons. The number of rotatable bonds is 0. The molecule has 3 nitrogen and oxygen atoms in total. The molecule has 0 aromatic carbocycles. The summed E-state index contributed by atoms with van der Waals surface area (Å²) in [5.74, 6) is 0. The van der Waals surface area contributed by atoms with Crippen molar-refractivity contribution in [3.63, 3.8) is 0 Å². The summed E-state index contributed by atoms with van der Waals surface area (Å²) in [5.41, 5.74) is 3.92. The molecule has 1 amide bonds. The van der Waals surface area contributed by atoms with Crippen molar-refractivity contribution < 1.29 is 11.3 Å². The molecule has 0 aliphatic heterocycles. The molecule has 0 atom stereocenters. The fraction of sp³-hybridized carbons (Fsp3) is 0. The van der Waals surface area contributed by atoms with Crippen molar-refractivity contribution in [2.24, 2.45) is 5.73 Å². The summed E-state index contributed by atoms with van der Waals surface area (Å²) in [6.07, 6.45) is -1.58. The molecule has 0 fully saturated rings. The fourth-order valence-corrected chi connectivity index (χ4v) is 0. The standard InChI is InChI=1S/CH2NO2/c2-1(3)4/h2H2/p+1. The zero-order valence-corrected chi connectivity index (χ0v) is 1.89. The Hall–Kier alpha value is -0.730. The first-order valence-corrected chi connectivity index (χ1v) is 0.697. The van der Waals surface area contributed by atoms with Gasteiger partial charge in [0.15, 0.2) is 0 Å². The topological polar surface area (TPSA) is 63.0 Å². The van der Waals surface area contributed by atoms with Crippen LogP contribution in [0.15, 0.2) is 0 Å². The highest BCUT2D eigenvalue weighted by Gasteiger charge is 1.71. The average molecular weight is 61.0 g/mol. The second-order valence-corrected chi connectivity index (χ2v) is 0.319. The fourth-order valence-electron chi connectivity index (χ4n) is 0. The number of carbonyl (C=O) groups is 1. The van der Waals surface area contributed by atoms with E-state index in [4.69, 9.17) is 9.90 Å². The Morgan fingerprint density at radius 3 is 2.00 bits per heavy atom. The Balaban J connectivity index is 0. The Morgan fingerprint density at radius 2 is 2.00 bits per heavy atom. The van der Waals surface area contributed by atoms with E-state index in [2.05, 4.69) is 5.73 Å². The summed E-state index contributed by atoms with van der Waals surface area (Å²) in [6, 6.07) is 0. The molecule has 0 aliphatic carbocycles. The highest BCUT2D eigenvalue weighted by atomic mass is 16.4. The van der Waals surface area contributed by atoms with E-state index in [1.54, 1.807) is 0 Å². The summed E-state index contributed by atoms with van der Waals surface area (Å²) in [4.78, 5) is 8.67. The van der Waals surface area contributed by atoms with Gasteiger partial charge in [-0.3, -0.25) is 0 Å². The predicted octanol–water partition coefficient (Wildman–Crippen LogP) is -0.392. The van der Waals surface area contributed by atoms with Gasteiger partial charge in [0.2, 0.25) is 0 Å². The summed E-state index contributed by atoms with van der Waals surface area (Å²) >= 11 is 0. The van der Waals surface area contributed by atoms with Crippen molar-refractivity contribution in [1.82, 2.24) is 0 Å². The lowest BCUT2D eigenvalue weighted by Gasteiger charge is -1.53. The maximum Gasteiger partial charge on any atom is 1.00 e. The maximum atomic E-state index is 8.67. The van der Waals surface area contributed by atoms with Crippen molar-refractivity contribution in [2.75, 3.05) is 0 Å². The quantitative estimate of drug-likeness (QED) is 0.407. The Morgan fingerprint density at radius 1 is 2.00 bits per heavy atom. The minimum Gasteiger partial charge on any atom is -0.332 e. The molecule has 2 N–H and O–H groups in total. The first-order chi connectivity index (χ1) is 1.73. The van der Waals surface area contributed by atoms with E-state index in [0.717, 1.165) is 0 Å². The lowest BCUT2D eigenvalue weighted by atomic mass is 11.3. The van der Waals surface area contributed by atoms with Crippen LogP contribution < -0.4 is 5.73 Å². The highest BCUT2D eigenvalue weighted by Crippen LogP contribution is 1.37. The zero-order valence-electron chi connectivity index (χ0n) is 2.89. The summed E-state index contributed by atoms with van der Waals surface area (Å²) in [7, 11) is 0. The van der Waals surface area contributed by atoms with Crippen molar-refractivity contribution in [2.45, 2.75) is 0 Å². The van der Waals surface area contributed by atoms with Crippen LogP contribution in [0.2, 0.25) is 0 Å². The Kier molecular flexibility index (Phi) is 0.581.